The summed E-state index contributed by atoms with van der Waals surface area (Å²) in [5.41, 5.74) is 2.10. The smallest absolute Gasteiger partial charge is 0.122 e. The number of unbranched alkanes of at least 4 members (excludes halogenated alkanes) is 1. The number of anilines is 1. The van der Waals surface area contributed by atoms with Crippen molar-refractivity contribution in [3.05, 3.63) is 23.8 Å². The van der Waals surface area contributed by atoms with E-state index in [1.165, 1.54) is 12.8 Å². The molecule has 0 spiro atoms. The number of aromatic hydroxyl groups is 1. The zero-order valence-electron chi connectivity index (χ0n) is 13.4. The zero-order valence-corrected chi connectivity index (χ0v) is 13.4. The fraction of sp³-hybridized carbons (Fsp3) is 0.647. The van der Waals surface area contributed by atoms with Crippen molar-refractivity contribution in [1.82, 2.24) is 5.32 Å². The maximum absolute atomic E-state index is 10.3. The van der Waals surface area contributed by atoms with Crippen molar-refractivity contribution in [2.24, 2.45) is 0 Å². The van der Waals surface area contributed by atoms with Gasteiger partial charge in [0.15, 0.2) is 0 Å². The van der Waals surface area contributed by atoms with Gasteiger partial charge in [0.25, 0.3) is 0 Å². The van der Waals surface area contributed by atoms with Crippen molar-refractivity contribution < 1.29 is 5.11 Å². The molecule has 1 unspecified atom stereocenters. The van der Waals surface area contributed by atoms with Crippen LogP contribution in [0, 0.1) is 0 Å². The minimum Gasteiger partial charge on any atom is -0.508 e. The average molecular weight is 278 g/mol. The Morgan fingerprint density at radius 1 is 1.20 bits per heavy atom. The number of rotatable bonds is 9. The molecule has 2 N–H and O–H groups in total. The summed E-state index contributed by atoms with van der Waals surface area (Å²) in [6.07, 6.45) is 3.48. The van der Waals surface area contributed by atoms with Gasteiger partial charge in [-0.15, -0.1) is 0 Å². The summed E-state index contributed by atoms with van der Waals surface area (Å²) < 4.78 is 0. The molecule has 0 radical (unpaired) electrons. The van der Waals surface area contributed by atoms with Crippen LogP contribution in [0.4, 0.5) is 5.69 Å². The van der Waals surface area contributed by atoms with E-state index in [1.807, 2.05) is 12.1 Å². The second-order valence-corrected chi connectivity index (χ2v) is 5.35. The average Bonchev–Trinajstić information content (AvgIpc) is 2.45. The second-order valence-electron chi connectivity index (χ2n) is 5.35. The molecule has 0 saturated heterocycles. The van der Waals surface area contributed by atoms with Crippen LogP contribution in [0.3, 0.4) is 0 Å². The van der Waals surface area contributed by atoms with Crippen molar-refractivity contribution in [3.63, 3.8) is 0 Å². The van der Waals surface area contributed by atoms with Crippen molar-refractivity contribution in [3.8, 4) is 5.75 Å². The van der Waals surface area contributed by atoms with Crippen LogP contribution in [-0.2, 0) is 0 Å². The molecule has 0 heterocycles. The van der Waals surface area contributed by atoms with Crippen LogP contribution in [0.5, 0.6) is 5.75 Å². The third-order valence-electron chi connectivity index (χ3n) is 3.71. The minimum absolute atomic E-state index is 0.190. The summed E-state index contributed by atoms with van der Waals surface area (Å²) in [6.45, 7) is 11.6. The van der Waals surface area contributed by atoms with Gasteiger partial charge in [-0.2, -0.15) is 0 Å². The summed E-state index contributed by atoms with van der Waals surface area (Å²) >= 11 is 0. The molecule has 1 aromatic rings. The fourth-order valence-electron chi connectivity index (χ4n) is 2.38. The van der Waals surface area contributed by atoms with Gasteiger partial charge in [0.1, 0.15) is 5.75 Å². The third kappa shape index (κ3) is 4.71. The van der Waals surface area contributed by atoms with Gasteiger partial charge < -0.3 is 15.3 Å². The Morgan fingerprint density at radius 2 is 1.95 bits per heavy atom. The summed E-state index contributed by atoms with van der Waals surface area (Å²) in [6, 6.07) is 6.26. The van der Waals surface area contributed by atoms with E-state index >= 15 is 0 Å². The number of nitrogens with one attached hydrogen (secondary N) is 1. The number of hydrogen-bond acceptors (Lipinski definition) is 3. The highest BCUT2D eigenvalue weighted by molar-refractivity contribution is 5.54. The number of phenols is 1. The van der Waals surface area contributed by atoms with Crippen molar-refractivity contribution in [2.45, 2.75) is 53.0 Å². The Labute approximate surface area is 124 Å². The lowest BCUT2D eigenvalue weighted by Gasteiger charge is -2.24. The summed E-state index contributed by atoms with van der Waals surface area (Å²) in [5, 5.41) is 13.7. The quantitative estimate of drug-likeness (QED) is 0.714. The van der Waals surface area contributed by atoms with E-state index in [-0.39, 0.29) is 6.04 Å². The fourth-order valence-corrected chi connectivity index (χ4v) is 2.38. The van der Waals surface area contributed by atoms with Gasteiger partial charge in [-0.3, -0.25) is 0 Å². The van der Waals surface area contributed by atoms with Gasteiger partial charge in [-0.05, 0) is 39.3 Å². The molecule has 0 aliphatic heterocycles. The first-order valence-electron chi connectivity index (χ1n) is 7.95. The van der Waals surface area contributed by atoms with Crippen LogP contribution in [0.25, 0.3) is 0 Å². The van der Waals surface area contributed by atoms with Gasteiger partial charge in [-0.25, -0.2) is 0 Å². The Hall–Kier alpha value is -1.22. The molecular weight excluding hydrogens is 248 g/mol. The lowest BCUT2D eigenvalue weighted by Crippen LogP contribution is -2.24. The van der Waals surface area contributed by atoms with Gasteiger partial charge in [0.2, 0.25) is 0 Å². The largest absolute Gasteiger partial charge is 0.508 e. The van der Waals surface area contributed by atoms with Gasteiger partial charge in [0.05, 0.1) is 0 Å². The Morgan fingerprint density at radius 3 is 2.50 bits per heavy atom. The van der Waals surface area contributed by atoms with E-state index in [2.05, 4.69) is 44.0 Å². The zero-order chi connectivity index (χ0) is 15.0. The van der Waals surface area contributed by atoms with Crippen LogP contribution in [0.2, 0.25) is 0 Å². The number of phenolic OH excluding ortho intramolecular Hbond substituents is 1. The van der Waals surface area contributed by atoms with E-state index in [9.17, 15) is 5.11 Å². The van der Waals surface area contributed by atoms with E-state index < -0.39 is 0 Å². The van der Waals surface area contributed by atoms with Gasteiger partial charge in [0, 0.05) is 36.4 Å². The predicted molar refractivity (Wildman–Crippen MR) is 87.6 cm³/mol. The molecule has 3 nitrogen and oxygen atoms in total. The molecule has 0 amide bonds. The Kier molecular flexibility index (Phi) is 7.45. The molecule has 0 fully saturated rings. The normalized spacial score (nSPS) is 12.4. The molecule has 20 heavy (non-hydrogen) atoms. The first-order valence-corrected chi connectivity index (χ1v) is 7.95. The van der Waals surface area contributed by atoms with Crippen LogP contribution >= 0.6 is 0 Å². The number of nitrogens with zero attached hydrogens (tertiary/aromatic N) is 1. The first kappa shape index (κ1) is 16.8. The molecular formula is C17H30N2O. The monoisotopic (exact) mass is 278 g/mol. The summed E-state index contributed by atoms with van der Waals surface area (Å²) in [5.74, 6) is 0.397. The van der Waals surface area contributed by atoms with E-state index in [0.717, 1.165) is 37.3 Å². The van der Waals surface area contributed by atoms with Crippen LogP contribution < -0.4 is 10.2 Å². The highest BCUT2D eigenvalue weighted by Gasteiger charge is 2.12. The van der Waals surface area contributed by atoms with Crippen molar-refractivity contribution in [1.29, 1.82) is 0 Å². The molecule has 0 aliphatic rings. The molecule has 3 heteroatoms. The highest BCUT2D eigenvalue weighted by Crippen LogP contribution is 2.29. The summed E-state index contributed by atoms with van der Waals surface area (Å²) in [4.78, 5) is 2.32. The van der Waals surface area contributed by atoms with Crippen LogP contribution in [0.1, 0.15) is 58.6 Å². The van der Waals surface area contributed by atoms with Crippen LogP contribution in [-0.4, -0.2) is 24.7 Å². The van der Waals surface area contributed by atoms with Crippen molar-refractivity contribution >= 4 is 5.69 Å². The van der Waals surface area contributed by atoms with Gasteiger partial charge >= 0.3 is 0 Å². The lowest BCUT2D eigenvalue weighted by molar-refractivity contribution is 0.452. The Balaban J connectivity index is 2.80. The standard InChI is InChI=1S/C17H30N2O/c1-5-8-12-19(7-3)15-9-10-16(17(20)13-15)14(4)18-11-6-2/h9-10,13-14,18,20H,5-8,11-12H2,1-4H3. The third-order valence-corrected chi connectivity index (χ3v) is 3.71. The van der Waals surface area contributed by atoms with E-state index in [1.54, 1.807) is 0 Å². The maximum atomic E-state index is 10.3. The number of benzene rings is 1. The van der Waals surface area contributed by atoms with E-state index in [0.29, 0.717) is 5.75 Å². The number of hydrogen-bond donors (Lipinski definition) is 2. The van der Waals surface area contributed by atoms with Gasteiger partial charge in [-0.1, -0.05) is 26.3 Å². The molecule has 0 aliphatic carbocycles. The molecule has 114 valence electrons. The molecule has 0 saturated carbocycles. The minimum atomic E-state index is 0.190. The SMILES string of the molecule is CCCCN(CC)c1ccc(C(C)NCCC)c(O)c1. The maximum Gasteiger partial charge on any atom is 0.122 e. The topological polar surface area (TPSA) is 35.5 Å². The van der Waals surface area contributed by atoms with Crippen LogP contribution in [0.15, 0.2) is 18.2 Å². The van der Waals surface area contributed by atoms with Crippen molar-refractivity contribution in [2.75, 3.05) is 24.5 Å². The molecule has 1 rings (SSSR count). The molecule has 1 atom stereocenters. The Bertz CT molecular complexity index is 393. The second kappa shape index (κ2) is 8.85. The molecule has 0 aromatic heterocycles. The lowest BCUT2D eigenvalue weighted by atomic mass is 10.1. The highest BCUT2D eigenvalue weighted by atomic mass is 16.3. The predicted octanol–water partition coefficient (Wildman–Crippen LogP) is 4.08. The first-order chi connectivity index (χ1) is 9.63. The van der Waals surface area contributed by atoms with E-state index in [4.69, 9.17) is 0 Å². The molecule has 1 aromatic carbocycles. The molecule has 0 bridgehead atoms. The summed E-state index contributed by atoms with van der Waals surface area (Å²) in [7, 11) is 0.